The van der Waals surface area contributed by atoms with E-state index in [0.717, 1.165) is 0 Å². The Morgan fingerprint density at radius 1 is 1.16 bits per heavy atom. The third kappa shape index (κ3) is 3.33. The van der Waals surface area contributed by atoms with Crippen molar-refractivity contribution in [2.45, 2.75) is 33.2 Å². The van der Waals surface area contributed by atoms with Gasteiger partial charge in [0.15, 0.2) is 0 Å². The number of rotatable bonds is 5. The maximum Gasteiger partial charge on any atom is 0.265 e. The van der Waals surface area contributed by atoms with Crippen LogP contribution >= 0.6 is 0 Å². The zero-order valence-electron chi connectivity index (χ0n) is 11.9. The van der Waals surface area contributed by atoms with Crippen molar-refractivity contribution in [1.82, 2.24) is 10.9 Å². The van der Waals surface area contributed by atoms with E-state index >= 15 is 0 Å². The minimum absolute atomic E-state index is 0.0774. The number of carbonyl (C=O) groups excluding carboxylic acids is 1. The van der Waals surface area contributed by atoms with Crippen LogP contribution in [0.15, 0.2) is 30.3 Å². The highest BCUT2D eigenvalue weighted by molar-refractivity contribution is 5.93. The second kappa shape index (κ2) is 6.35. The molecule has 102 valence electrons. The summed E-state index contributed by atoms with van der Waals surface area (Å²) in [5, 5.41) is 9.44. The quantitative estimate of drug-likeness (QED) is 0.798. The Labute approximate surface area is 114 Å². The average Bonchev–Trinajstić information content (AvgIpc) is 2.40. The second-order valence-electron chi connectivity index (χ2n) is 5.24. The summed E-state index contributed by atoms with van der Waals surface area (Å²) in [7, 11) is 0. The molecule has 0 radical (unpaired) electrons. The summed E-state index contributed by atoms with van der Waals surface area (Å²) in [6, 6.07) is 11.2. The van der Waals surface area contributed by atoms with Crippen molar-refractivity contribution in [3.8, 4) is 6.07 Å². The van der Waals surface area contributed by atoms with Crippen molar-refractivity contribution in [3.05, 3.63) is 35.9 Å². The largest absolute Gasteiger partial charge is 0.286 e. The molecule has 0 fully saturated rings. The maximum atomic E-state index is 12.0. The van der Waals surface area contributed by atoms with Crippen LogP contribution in [0.25, 0.3) is 0 Å². The van der Waals surface area contributed by atoms with Gasteiger partial charge in [-0.2, -0.15) is 5.26 Å². The maximum absolute atomic E-state index is 12.0. The molecule has 0 aliphatic carbocycles. The third-order valence-electron chi connectivity index (χ3n) is 3.43. The van der Waals surface area contributed by atoms with Gasteiger partial charge >= 0.3 is 0 Å². The summed E-state index contributed by atoms with van der Waals surface area (Å²) in [5.74, 6) is -0.0799. The smallest absolute Gasteiger partial charge is 0.265 e. The first-order valence-electron chi connectivity index (χ1n) is 6.48. The van der Waals surface area contributed by atoms with E-state index in [9.17, 15) is 10.1 Å². The average molecular weight is 259 g/mol. The SMILES string of the molecule is CC(C)C(C#N)(NNC(=O)c1ccccc1)C(C)C. The van der Waals surface area contributed by atoms with Crippen LogP contribution in [-0.2, 0) is 0 Å². The normalized spacial score (nSPS) is 11.4. The van der Waals surface area contributed by atoms with E-state index in [1.54, 1.807) is 24.3 Å². The van der Waals surface area contributed by atoms with Crippen molar-refractivity contribution < 1.29 is 4.79 Å². The van der Waals surface area contributed by atoms with Gasteiger partial charge in [0, 0.05) is 5.56 Å². The fourth-order valence-corrected chi connectivity index (χ4v) is 2.06. The van der Waals surface area contributed by atoms with E-state index < -0.39 is 5.54 Å². The summed E-state index contributed by atoms with van der Waals surface area (Å²) in [5.41, 5.74) is 5.35. The molecule has 19 heavy (non-hydrogen) atoms. The molecule has 0 aliphatic rings. The molecule has 4 heteroatoms. The Balaban J connectivity index is 2.79. The van der Waals surface area contributed by atoms with Crippen LogP contribution in [0, 0.1) is 23.2 Å². The molecule has 0 spiro atoms. The summed E-state index contributed by atoms with van der Waals surface area (Å²) in [4.78, 5) is 12.0. The van der Waals surface area contributed by atoms with Crippen molar-refractivity contribution >= 4 is 5.91 Å². The highest BCUT2D eigenvalue weighted by Gasteiger charge is 2.37. The fourth-order valence-electron chi connectivity index (χ4n) is 2.06. The first-order chi connectivity index (χ1) is 8.94. The summed E-state index contributed by atoms with van der Waals surface area (Å²) >= 11 is 0. The zero-order valence-corrected chi connectivity index (χ0v) is 11.9. The highest BCUT2D eigenvalue weighted by Crippen LogP contribution is 2.24. The van der Waals surface area contributed by atoms with Crippen LogP contribution in [0.3, 0.4) is 0 Å². The molecule has 0 atom stereocenters. The number of carbonyl (C=O) groups is 1. The van der Waals surface area contributed by atoms with E-state index in [2.05, 4.69) is 16.9 Å². The number of nitrogens with one attached hydrogen (secondary N) is 2. The van der Waals surface area contributed by atoms with Crippen molar-refractivity contribution in [2.75, 3.05) is 0 Å². The number of nitrogens with zero attached hydrogens (tertiary/aromatic N) is 1. The van der Waals surface area contributed by atoms with Gasteiger partial charge in [0.05, 0.1) is 6.07 Å². The summed E-state index contributed by atoms with van der Waals surface area (Å²) in [6.45, 7) is 7.85. The van der Waals surface area contributed by atoms with Crippen molar-refractivity contribution in [3.63, 3.8) is 0 Å². The number of amides is 1. The molecular weight excluding hydrogens is 238 g/mol. The Kier molecular flexibility index (Phi) is 5.08. The Morgan fingerprint density at radius 2 is 1.68 bits per heavy atom. The molecule has 0 heterocycles. The number of benzene rings is 1. The molecule has 2 N–H and O–H groups in total. The van der Waals surface area contributed by atoms with E-state index in [1.165, 1.54) is 0 Å². The van der Waals surface area contributed by atoms with Gasteiger partial charge in [0.25, 0.3) is 5.91 Å². The molecule has 1 aromatic rings. The number of hydrogen-bond donors (Lipinski definition) is 2. The monoisotopic (exact) mass is 259 g/mol. The Morgan fingerprint density at radius 3 is 2.11 bits per heavy atom. The van der Waals surface area contributed by atoms with Crippen LogP contribution in [0.1, 0.15) is 38.1 Å². The van der Waals surface area contributed by atoms with Gasteiger partial charge in [0.2, 0.25) is 0 Å². The lowest BCUT2D eigenvalue weighted by Crippen LogP contribution is -2.59. The van der Waals surface area contributed by atoms with Crippen molar-refractivity contribution in [2.24, 2.45) is 11.8 Å². The van der Waals surface area contributed by atoms with Gasteiger partial charge in [-0.05, 0) is 24.0 Å². The molecule has 4 nitrogen and oxygen atoms in total. The lowest BCUT2D eigenvalue weighted by Gasteiger charge is -2.35. The van der Waals surface area contributed by atoms with Gasteiger partial charge in [0.1, 0.15) is 5.54 Å². The number of nitriles is 1. The molecule has 0 bridgehead atoms. The molecular formula is C15H21N3O. The second-order valence-corrected chi connectivity index (χ2v) is 5.24. The lowest BCUT2D eigenvalue weighted by atomic mass is 9.79. The van der Waals surface area contributed by atoms with E-state index in [0.29, 0.717) is 5.56 Å². The molecule has 1 amide bonds. The van der Waals surface area contributed by atoms with Crippen LogP contribution in [0.5, 0.6) is 0 Å². The zero-order chi connectivity index (χ0) is 14.5. The van der Waals surface area contributed by atoms with Gasteiger partial charge in [-0.25, -0.2) is 5.43 Å². The fraction of sp³-hybridized carbons (Fsp3) is 0.467. The minimum atomic E-state index is -0.773. The van der Waals surface area contributed by atoms with Crippen LogP contribution in [-0.4, -0.2) is 11.4 Å². The Hall–Kier alpha value is -1.86. The topological polar surface area (TPSA) is 64.9 Å². The first-order valence-corrected chi connectivity index (χ1v) is 6.48. The molecule has 0 saturated carbocycles. The molecule has 0 aromatic heterocycles. The Bertz CT molecular complexity index is 452. The number of hydrazine groups is 1. The van der Waals surface area contributed by atoms with Crippen LogP contribution < -0.4 is 10.9 Å². The first kappa shape index (κ1) is 15.2. The predicted octanol–water partition coefficient (Wildman–Crippen LogP) is 2.50. The summed E-state index contributed by atoms with van der Waals surface area (Å²) < 4.78 is 0. The molecule has 1 rings (SSSR count). The lowest BCUT2D eigenvalue weighted by molar-refractivity contribution is 0.0885. The van der Waals surface area contributed by atoms with Gasteiger partial charge in [-0.15, -0.1) is 0 Å². The van der Waals surface area contributed by atoms with E-state index in [1.807, 2.05) is 33.8 Å². The highest BCUT2D eigenvalue weighted by atomic mass is 16.2. The van der Waals surface area contributed by atoms with Gasteiger partial charge in [-0.3, -0.25) is 10.2 Å². The predicted molar refractivity (Wildman–Crippen MR) is 75.1 cm³/mol. The standard InChI is InChI=1S/C15H21N3O/c1-11(2)15(10-16,12(3)4)18-17-14(19)13-8-6-5-7-9-13/h5-9,11-12,18H,1-4H3,(H,17,19). The number of hydrogen-bond acceptors (Lipinski definition) is 3. The molecule has 0 aliphatic heterocycles. The van der Waals surface area contributed by atoms with Gasteiger partial charge < -0.3 is 0 Å². The van der Waals surface area contributed by atoms with E-state index in [4.69, 9.17) is 0 Å². The van der Waals surface area contributed by atoms with E-state index in [-0.39, 0.29) is 17.7 Å². The van der Waals surface area contributed by atoms with Crippen molar-refractivity contribution in [1.29, 1.82) is 5.26 Å². The van der Waals surface area contributed by atoms with Gasteiger partial charge in [-0.1, -0.05) is 45.9 Å². The minimum Gasteiger partial charge on any atom is -0.286 e. The van der Waals surface area contributed by atoms with Crippen LogP contribution in [0.4, 0.5) is 0 Å². The molecule has 0 saturated heterocycles. The van der Waals surface area contributed by atoms with Crippen LogP contribution in [0.2, 0.25) is 0 Å². The molecule has 0 unspecified atom stereocenters. The molecule has 1 aromatic carbocycles. The summed E-state index contributed by atoms with van der Waals surface area (Å²) in [6.07, 6.45) is 0. The third-order valence-corrected chi connectivity index (χ3v) is 3.43.